The molecule has 1 rings (SSSR count). The summed E-state index contributed by atoms with van der Waals surface area (Å²) in [4.78, 5) is 11.2. The van der Waals surface area contributed by atoms with E-state index in [1.54, 1.807) is 6.08 Å². The van der Waals surface area contributed by atoms with E-state index in [2.05, 4.69) is 4.74 Å². The van der Waals surface area contributed by atoms with Crippen molar-refractivity contribution in [3.8, 4) is 0 Å². The van der Waals surface area contributed by atoms with Crippen LogP contribution in [0.5, 0.6) is 0 Å². The van der Waals surface area contributed by atoms with E-state index in [1.165, 1.54) is 20.3 Å². The maximum Gasteiger partial charge on any atom is 0.371 e. The Balaban J connectivity index is 2.75. The zero-order valence-electron chi connectivity index (χ0n) is 7.52. The molecular weight excluding hydrogens is 176 g/mol. The predicted octanol–water partition coefficient (Wildman–Crippen LogP) is -0.551. The number of ether oxygens (including phenoxy) is 3. The van der Waals surface area contributed by atoms with E-state index in [0.29, 0.717) is 0 Å². The number of methoxy groups -OCH3 is 2. The maximum atomic E-state index is 11.2. The Labute approximate surface area is 75.9 Å². The summed E-state index contributed by atoms with van der Waals surface area (Å²) < 4.78 is 14.5. The fourth-order valence-corrected chi connectivity index (χ4v) is 1.09. The van der Waals surface area contributed by atoms with Crippen molar-refractivity contribution in [2.75, 3.05) is 20.8 Å². The van der Waals surface area contributed by atoms with Gasteiger partial charge in [0.25, 0.3) is 5.79 Å². The van der Waals surface area contributed by atoms with E-state index in [0.717, 1.165) is 0 Å². The second-order valence-electron chi connectivity index (χ2n) is 2.56. The number of carbonyl (C=O) groups is 1. The maximum absolute atomic E-state index is 11.2. The average Bonchev–Trinajstić information content (AvgIpc) is 2.61. The lowest BCUT2D eigenvalue weighted by molar-refractivity contribution is -0.220. The monoisotopic (exact) mass is 188 g/mol. The molecule has 0 saturated heterocycles. The summed E-state index contributed by atoms with van der Waals surface area (Å²) in [5.74, 6) is -2.12. The SMILES string of the molecule is COC(=O)C1(OC)C=CC(CO)O1. The van der Waals surface area contributed by atoms with Crippen molar-refractivity contribution in [2.45, 2.75) is 11.9 Å². The summed E-state index contributed by atoms with van der Waals surface area (Å²) in [7, 11) is 2.58. The van der Waals surface area contributed by atoms with Gasteiger partial charge in [0.15, 0.2) is 0 Å². The Morgan fingerprint density at radius 3 is 2.77 bits per heavy atom. The second kappa shape index (κ2) is 3.87. The molecule has 0 fully saturated rings. The normalized spacial score (nSPS) is 32.1. The van der Waals surface area contributed by atoms with Crippen LogP contribution in [0.1, 0.15) is 0 Å². The van der Waals surface area contributed by atoms with Gasteiger partial charge in [-0.3, -0.25) is 0 Å². The van der Waals surface area contributed by atoms with Gasteiger partial charge in [-0.2, -0.15) is 0 Å². The van der Waals surface area contributed by atoms with Gasteiger partial charge >= 0.3 is 5.97 Å². The molecule has 0 radical (unpaired) electrons. The lowest BCUT2D eigenvalue weighted by Gasteiger charge is -2.23. The van der Waals surface area contributed by atoms with Crippen LogP contribution in [0, 0.1) is 0 Å². The molecule has 0 aliphatic carbocycles. The van der Waals surface area contributed by atoms with E-state index >= 15 is 0 Å². The lowest BCUT2D eigenvalue weighted by atomic mass is 10.3. The summed E-state index contributed by atoms with van der Waals surface area (Å²) in [6.07, 6.45) is 2.47. The van der Waals surface area contributed by atoms with Gasteiger partial charge in [0.1, 0.15) is 6.10 Å². The van der Waals surface area contributed by atoms with Crippen molar-refractivity contribution in [1.29, 1.82) is 0 Å². The summed E-state index contributed by atoms with van der Waals surface area (Å²) in [6, 6.07) is 0. The fourth-order valence-electron chi connectivity index (χ4n) is 1.09. The highest BCUT2D eigenvalue weighted by Crippen LogP contribution is 2.25. The molecule has 0 aromatic heterocycles. The minimum Gasteiger partial charge on any atom is -0.465 e. The minimum absolute atomic E-state index is 0.196. The van der Waals surface area contributed by atoms with Crippen molar-refractivity contribution in [1.82, 2.24) is 0 Å². The van der Waals surface area contributed by atoms with Gasteiger partial charge in [0.2, 0.25) is 0 Å². The van der Waals surface area contributed by atoms with Gasteiger partial charge in [-0.05, 0) is 6.08 Å². The van der Waals surface area contributed by atoms with E-state index in [9.17, 15) is 4.79 Å². The Morgan fingerprint density at radius 2 is 2.38 bits per heavy atom. The van der Waals surface area contributed by atoms with Crippen LogP contribution in [0.2, 0.25) is 0 Å². The molecule has 0 aromatic carbocycles. The van der Waals surface area contributed by atoms with Crippen molar-refractivity contribution in [2.24, 2.45) is 0 Å². The minimum atomic E-state index is -1.48. The van der Waals surface area contributed by atoms with Crippen molar-refractivity contribution < 1.29 is 24.1 Å². The van der Waals surface area contributed by atoms with E-state index in [1.807, 2.05) is 0 Å². The van der Waals surface area contributed by atoms with Crippen LogP contribution >= 0.6 is 0 Å². The van der Waals surface area contributed by atoms with Gasteiger partial charge in [-0.1, -0.05) is 6.08 Å². The molecule has 0 spiro atoms. The van der Waals surface area contributed by atoms with Crippen LogP contribution in [0.25, 0.3) is 0 Å². The van der Waals surface area contributed by atoms with Crippen molar-refractivity contribution in [3.05, 3.63) is 12.2 Å². The predicted molar refractivity (Wildman–Crippen MR) is 42.9 cm³/mol. The molecule has 1 heterocycles. The average molecular weight is 188 g/mol. The Bertz CT molecular complexity index is 225. The third-order valence-electron chi connectivity index (χ3n) is 1.81. The highest BCUT2D eigenvalue weighted by Gasteiger charge is 2.44. The Kier molecular flexibility index (Phi) is 3.02. The van der Waals surface area contributed by atoms with Crippen LogP contribution < -0.4 is 0 Å². The number of aliphatic hydroxyl groups excluding tert-OH is 1. The molecule has 74 valence electrons. The van der Waals surface area contributed by atoms with E-state index in [4.69, 9.17) is 14.6 Å². The van der Waals surface area contributed by atoms with Crippen LogP contribution in [0.3, 0.4) is 0 Å². The van der Waals surface area contributed by atoms with Gasteiger partial charge in [0.05, 0.1) is 13.7 Å². The first-order valence-electron chi connectivity index (χ1n) is 3.80. The van der Waals surface area contributed by atoms with Gasteiger partial charge in [0, 0.05) is 7.11 Å². The van der Waals surface area contributed by atoms with Gasteiger partial charge in [-0.25, -0.2) is 4.79 Å². The third kappa shape index (κ3) is 1.72. The molecular formula is C8H12O5. The molecule has 0 aromatic rings. The molecule has 13 heavy (non-hydrogen) atoms. The van der Waals surface area contributed by atoms with Crippen molar-refractivity contribution >= 4 is 5.97 Å². The smallest absolute Gasteiger partial charge is 0.371 e. The molecule has 5 nitrogen and oxygen atoms in total. The zero-order chi connectivity index (χ0) is 9.90. The highest BCUT2D eigenvalue weighted by molar-refractivity contribution is 5.80. The fraction of sp³-hybridized carbons (Fsp3) is 0.625. The molecule has 0 saturated carbocycles. The number of aliphatic hydroxyl groups is 1. The van der Waals surface area contributed by atoms with E-state index in [-0.39, 0.29) is 6.61 Å². The lowest BCUT2D eigenvalue weighted by Crippen LogP contribution is -2.42. The standard InChI is InChI=1S/C8H12O5/c1-11-7(10)8(12-2)4-3-6(5-9)13-8/h3-4,6,9H,5H2,1-2H3. The molecule has 2 atom stereocenters. The molecule has 5 heteroatoms. The Morgan fingerprint density at radius 1 is 1.69 bits per heavy atom. The Hall–Kier alpha value is -0.910. The number of hydrogen-bond acceptors (Lipinski definition) is 5. The highest BCUT2D eigenvalue weighted by atomic mass is 16.7. The molecule has 1 aliphatic heterocycles. The first-order valence-corrected chi connectivity index (χ1v) is 3.80. The number of hydrogen-bond donors (Lipinski definition) is 1. The first kappa shape index (κ1) is 10.2. The summed E-state index contributed by atoms with van der Waals surface area (Å²) >= 11 is 0. The number of rotatable bonds is 3. The second-order valence-corrected chi connectivity index (χ2v) is 2.56. The zero-order valence-corrected chi connectivity index (χ0v) is 7.52. The molecule has 0 bridgehead atoms. The first-order chi connectivity index (χ1) is 6.18. The van der Waals surface area contributed by atoms with Gasteiger partial charge < -0.3 is 19.3 Å². The van der Waals surface area contributed by atoms with Crippen LogP contribution in [0.15, 0.2) is 12.2 Å². The molecule has 1 aliphatic rings. The summed E-state index contributed by atoms with van der Waals surface area (Å²) in [5, 5.41) is 8.76. The quantitative estimate of drug-likeness (QED) is 0.475. The molecule has 0 amide bonds. The molecule has 1 N–H and O–H groups in total. The van der Waals surface area contributed by atoms with Crippen molar-refractivity contribution in [3.63, 3.8) is 0 Å². The largest absolute Gasteiger partial charge is 0.465 e. The molecule has 2 unspecified atom stereocenters. The summed E-state index contributed by atoms with van der Waals surface area (Å²) in [6.45, 7) is -0.196. The van der Waals surface area contributed by atoms with E-state index < -0.39 is 17.9 Å². The van der Waals surface area contributed by atoms with Crippen LogP contribution in [-0.4, -0.2) is 43.8 Å². The topological polar surface area (TPSA) is 65.0 Å². The van der Waals surface area contributed by atoms with Crippen LogP contribution in [-0.2, 0) is 19.0 Å². The number of carbonyl (C=O) groups excluding carboxylic acids is 1. The van der Waals surface area contributed by atoms with Crippen LogP contribution in [0.4, 0.5) is 0 Å². The summed E-state index contributed by atoms with van der Waals surface area (Å²) in [5.41, 5.74) is 0. The third-order valence-corrected chi connectivity index (χ3v) is 1.81. The van der Waals surface area contributed by atoms with Gasteiger partial charge in [-0.15, -0.1) is 0 Å². The number of esters is 1.